The molecule has 0 aliphatic carbocycles. The third kappa shape index (κ3) is 6.59. The summed E-state index contributed by atoms with van der Waals surface area (Å²) in [6.45, 7) is 9.86. The highest BCUT2D eigenvalue weighted by atomic mass is 32.2. The number of fused-ring (bicyclic) bond motifs is 2. The summed E-state index contributed by atoms with van der Waals surface area (Å²) in [5.41, 5.74) is -0.475. The van der Waals surface area contributed by atoms with Crippen LogP contribution < -0.4 is 0 Å². The number of rotatable bonds is 4. The second-order valence-corrected chi connectivity index (χ2v) is 9.07. The molecule has 0 spiro atoms. The average molecular weight is 364 g/mol. The number of nitrogens with zero attached hydrogens (tertiary/aromatic N) is 1. The van der Waals surface area contributed by atoms with Gasteiger partial charge in [0.05, 0.1) is 12.9 Å². The maximum absolute atomic E-state index is 12.3. The molecule has 2 aliphatic heterocycles. The van der Waals surface area contributed by atoms with Gasteiger partial charge in [0, 0.05) is 12.1 Å². The minimum atomic E-state index is -3.37. The lowest BCUT2D eigenvalue weighted by molar-refractivity contribution is 0.00106. The molecule has 2 bridgehead atoms. The minimum absolute atomic E-state index is 0.217. The normalized spacial score (nSPS) is 26.6. The van der Waals surface area contributed by atoms with Crippen LogP contribution in [-0.2, 0) is 19.0 Å². The highest BCUT2D eigenvalue weighted by Crippen LogP contribution is 2.40. The first kappa shape index (κ1) is 21.2. The second kappa shape index (κ2) is 8.52. The van der Waals surface area contributed by atoms with Gasteiger partial charge >= 0.3 is 6.09 Å². The van der Waals surface area contributed by atoms with Crippen LogP contribution in [0.2, 0.25) is 0 Å². The van der Waals surface area contributed by atoms with Crippen LogP contribution in [0.15, 0.2) is 0 Å². The molecular weight excluding hydrogens is 330 g/mol. The average Bonchev–Trinajstić information content (AvgIpc) is 2.70. The predicted molar refractivity (Wildman–Crippen MR) is 94.4 cm³/mol. The second-order valence-electron chi connectivity index (χ2n) is 7.42. The SMILES string of the molecule is CC.CC(C)(C)OC(=O)N1[C@@H]2CC[C@H]1CC(CCOS(C)(=O)=O)C2. The molecule has 0 aromatic rings. The minimum Gasteiger partial charge on any atom is -0.444 e. The van der Waals surface area contributed by atoms with Gasteiger partial charge in [-0.25, -0.2) is 4.79 Å². The van der Waals surface area contributed by atoms with E-state index >= 15 is 0 Å². The fraction of sp³-hybridized carbons (Fsp3) is 0.941. The van der Waals surface area contributed by atoms with Crippen LogP contribution in [0.25, 0.3) is 0 Å². The molecule has 0 radical (unpaired) electrons. The number of piperidine rings is 1. The Bertz CT molecular complexity index is 498. The van der Waals surface area contributed by atoms with E-state index in [1.165, 1.54) is 0 Å². The molecule has 2 heterocycles. The molecule has 2 aliphatic rings. The summed E-state index contributed by atoms with van der Waals surface area (Å²) >= 11 is 0. The van der Waals surface area contributed by atoms with Crippen LogP contribution in [0.3, 0.4) is 0 Å². The highest BCUT2D eigenvalue weighted by molar-refractivity contribution is 7.85. The van der Waals surface area contributed by atoms with E-state index in [0.29, 0.717) is 5.92 Å². The first-order valence-electron chi connectivity index (χ1n) is 8.91. The van der Waals surface area contributed by atoms with Crippen LogP contribution in [0.5, 0.6) is 0 Å². The largest absolute Gasteiger partial charge is 0.444 e. The summed E-state index contributed by atoms with van der Waals surface area (Å²) in [7, 11) is -3.37. The molecule has 0 aromatic heterocycles. The zero-order valence-electron chi connectivity index (χ0n) is 15.9. The predicted octanol–water partition coefficient (Wildman–Crippen LogP) is 3.56. The molecule has 0 aromatic carbocycles. The fourth-order valence-electron chi connectivity index (χ4n) is 3.50. The van der Waals surface area contributed by atoms with Gasteiger partial charge in [0.1, 0.15) is 5.60 Å². The van der Waals surface area contributed by atoms with Gasteiger partial charge in [-0.3, -0.25) is 4.18 Å². The van der Waals surface area contributed by atoms with Gasteiger partial charge in [0.2, 0.25) is 0 Å². The van der Waals surface area contributed by atoms with Gasteiger partial charge in [-0.1, -0.05) is 13.8 Å². The van der Waals surface area contributed by atoms with Crippen molar-refractivity contribution >= 4 is 16.2 Å². The topological polar surface area (TPSA) is 72.9 Å². The number of amides is 1. The summed E-state index contributed by atoms with van der Waals surface area (Å²) in [6.07, 6.45) is 5.40. The van der Waals surface area contributed by atoms with E-state index in [0.717, 1.165) is 38.4 Å². The molecule has 0 saturated carbocycles. The molecular formula is C17H33NO5S. The highest BCUT2D eigenvalue weighted by Gasteiger charge is 2.44. The molecule has 1 amide bonds. The van der Waals surface area contributed by atoms with E-state index in [2.05, 4.69) is 0 Å². The van der Waals surface area contributed by atoms with Crippen molar-refractivity contribution in [1.29, 1.82) is 0 Å². The molecule has 24 heavy (non-hydrogen) atoms. The van der Waals surface area contributed by atoms with Crippen LogP contribution >= 0.6 is 0 Å². The Kier molecular flexibility index (Phi) is 7.53. The molecule has 0 N–H and O–H groups in total. The lowest BCUT2D eigenvalue weighted by atomic mass is 9.89. The maximum Gasteiger partial charge on any atom is 0.410 e. The fourth-order valence-corrected chi connectivity index (χ4v) is 3.90. The zero-order chi connectivity index (χ0) is 18.5. The smallest absolute Gasteiger partial charge is 0.410 e. The first-order chi connectivity index (χ1) is 11.1. The number of ether oxygens (including phenoxy) is 1. The van der Waals surface area contributed by atoms with Crippen molar-refractivity contribution in [1.82, 2.24) is 4.90 Å². The molecule has 3 atom stereocenters. The Labute approximate surface area is 147 Å². The Hall–Kier alpha value is -0.820. The van der Waals surface area contributed by atoms with Crippen LogP contribution in [-0.4, -0.2) is 50.0 Å². The third-order valence-electron chi connectivity index (χ3n) is 4.26. The van der Waals surface area contributed by atoms with Crippen molar-refractivity contribution in [3.8, 4) is 0 Å². The van der Waals surface area contributed by atoms with Crippen molar-refractivity contribution in [2.75, 3.05) is 12.9 Å². The van der Waals surface area contributed by atoms with Crippen LogP contribution in [0.4, 0.5) is 4.79 Å². The standard InChI is InChI=1S/C15H27NO5S.C2H6/c1-15(2,3)21-14(17)16-12-5-6-13(16)10-11(9-12)7-8-20-22(4,18)19;1-2/h11-13H,5-10H2,1-4H3;1-2H3/t11?,12-,13+;. The van der Waals surface area contributed by atoms with Gasteiger partial charge in [-0.2, -0.15) is 8.42 Å². The Balaban J connectivity index is 0.00000139. The molecule has 2 rings (SSSR count). The number of hydrogen-bond acceptors (Lipinski definition) is 5. The summed E-state index contributed by atoms with van der Waals surface area (Å²) in [5, 5.41) is 0. The van der Waals surface area contributed by atoms with Crippen LogP contribution in [0.1, 0.15) is 66.7 Å². The summed E-state index contributed by atoms with van der Waals surface area (Å²) < 4.78 is 32.3. The lowest BCUT2D eigenvalue weighted by Gasteiger charge is -2.39. The van der Waals surface area contributed by atoms with Gasteiger partial charge in [-0.15, -0.1) is 0 Å². The van der Waals surface area contributed by atoms with Crippen molar-refractivity contribution in [2.24, 2.45) is 5.92 Å². The summed E-state index contributed by atoms with van der Waals surface area (Å²) in [5.74, 6) is 0.415. The summed E-state index contributed by atoms with van der Waals surface area (Å²) in [6, 6.07) is 0.439. The number of hydrogen-bond donors (Lipinski definition) is 0. The van der Waals surface area contributed by atoms with Gasteiger partial charge in [0.15, 0.2) is 0 Å². The van der Waals surface area contributed by atoms with Crippen molar-refractivity contribution in [2.45, 2.75) is 84.4 Å². The van der Waals surface area contributed by atoms with E-state index in [4.69, 9.17) is 8.92 Å². The van der Waals surface area contributed by atoms with Gasteiger partial charge in [-0.05, 0) is 58.8 Å². The van der Waals surface area contributed by atoms with E-state index in [-0.39, 0.29) is 24.8 Å². The van der Waals surface area contributed by atoms with Gasteiger partial charge < -0.3 is 9.64 Å². The van der Waals surface area contributed by atoms with E-state index in [1.807, 2.05) is 39.5 Å². The van der Waals surface area contributed by atoms with E-state index in [1.54, 1.807) is 0 Å². The van der Waals surface area contributed by atoms with Gasteiger partial charge in [0.25, 0.3) is 10.1 Å². The Morgan fingerprint density at radius 2 is 1.62 bits per heavy atom. The van der Waals surface area contributed by atoms with Crippen molar-refractivity contribution in [3.05, 3.63) is 0 Å². The molecule has 142 valence electrons. The van der Waals surface area contributed by atoms with Crippen LogP contribution in [0, 0.1) is 5.92 Å². The lowest BCUT2D eigenvalue weighted by Crippen LogP contribution is -2.48. The monoisotopic (exact) mass is 363 g/mol. The van der Waals surface area contributed by atoms with Crippen molar-refractivity contribution < 1.29 is 22.1 Å². The number of carbonyl (C=O) groups excluding carboxylic acids is 1. The summed E-state index contributed by atoms with van der Waals surface area (Å²) in [4.78, 5) is 14.2. The van der Waals surface area contributed by atoms with E-state index < -0.39 is 15.7 Å². The number of carbonyl (C=O) groups is 1. The molecule has 7 heteroatoms. The third-order valence-corrected chi connectivity index (χ3v) is 4.85. The molecule has 2 saturated heterocycles. The Morgan fingerprint density at radius 1 is 1.12 bits per heavy atom. The quantitative estimate of drug-likeness (QED) is 0.714. The van der Waals surface area contributed by atoms with Crippen molar-refractivity contribution in [3.63, 3.8) is 0 Å². The first-order valence-corrected chi connectivity index (χ1v) is 10.7. The zero-order valence-corrected chi connectivity index (χ0v) is 16.7. The Morgan fingerprint density at radius 3 is 2.04 bits per heavy atom. The van der Waals surface area contributed by atoms with E-state index in [9.17, 15) is 13.2 Å². The molecule has 2 fully saturated rings. The molecule has 6 nitrogen and oxygen atoms in total. The molecule has 1 unspecified atom stereocenters. The maximum atomic E-state index is 12.3.